The second kappa shape index (κ2) is 13.1. The number of halogens is 4. The van der Waals surface area contributed by atoms with Gasteiger partial charge in [0.25, 0.3) is 0 Å². The van der Waals surface area contributed by atoms with Crippen molar-refractivity contribution in [1.29, 1.82) is 0 Å². The summed E-state index contributed by atoms with van der Waals surface area (Å²) in [7, 11) is 0. The Balaban J connectivity index is 2.05. The van der Waals surface area contributed by atoms with Gasteiger partial charge >= 0.3 is 12.2 Å². The molecular formula is C24H29ClF3N3O2. The molecule has 0 fully saturated rings. The summed E-state index contributed by atoms with van der Waals surface area (Å²) in [6.07, 6.45) is 0.267. The molecule has 0 spiro atoms. The third kappa shape index (κ3) is 9.34. The van der Waals surface area contributed by atoms with Crippen LogP contribution in [0.4, 0.5) is 29.3 Å². The van der Waals surface area contributed by atoms with E-state index in [4.69, 9.17) is 11.6 Å². The lowest BCUT2D eigenvalue weighted by atomic mass is 10.1. The molecule has 0 aliphatic carbocycles. The van der Waals surface area contributed by atoms with Crippen molar-refractivity contribution >= 4 is 34.9 Å². The zero-order valence-corrected chi connectivity index (χ0v) is 19.3. The molecule has 2 rings (SSSR count). The number of alkyl halides is 3. The van der Waals surface area contributed by atoms with E-state index in [-0.39, 0.29) is 18.1 Å². The van der Waals surface area contributed by atoms with Gasteiger partial charge in [0.1, 0.15) is 0 Å². The second-order valence-electron chi connectivity index (χ2n) is 7.65. The third-order valence-corrected chi connectivity index (χ3v) is 5.18. The summed E-state index contributed by atoms with van der Waals surface area (Å²) in [6, 6.07) is 10.5. The lowest BCUT2D eigenvalue weighted by Gasteiger charge is -2.24. The van der Waals surface area contributed by atoms with E-state index in [1.54, 1.807) is 24.3 Å². The van der Waals surface area contributed by atoms with Crippen molar-refractivity contribution in [3.8, 4) is 0 Å². The van der Waals surface area contributed by atoms with E-state index in [9.17, 15) is 22.8 Å². The van der Waals surface area contributed by atoms with Crippen LogP contribution in [0.2, 0.25) is 5.02 Å². The van der Waals surface area contributed by atoms with Gasteiger partial charge in [-0.15, -0.1) is 0 Å². The zero-order valence-electron chi connectivity index (χ0n) is 18.6. The van der Waals surface area contributed by atoms with Crippen LogP contribution in [0.25, 0.3) is 0 Å². The van der Waals surface area contributed by atoms with Crippen LogP contribution < -0.4 is 15.5 Å². The minimum atomic E-state index is -4.53. The standard InChI is InChI=1S/C24H29ClF3N3O2/c1-2-3-4-5-13-22(32)29-14-8-15-31(21-12-6-9-18(16-21)24(26,27)28)23(33)30-20-11-7-10-19(25)17-20/h6-7,9-12,16-17H,2-5,8,13-15H2,1H3,(H,29,32)(H,30,33). The zero-order chi connectivity index (χ0) is 24.3. The normalized spacial score (nSPS) is 11.2. The highest BCUT2D eigenvalue weighted by molar-refractivity contribution is 6.30. The van der Waals surface area contributed by atoms with Crippen molar-refractivity contribution in [3.63, 3.8) is 0 Å². The fourth-order valence-electron chi connectivity index (χ4n) is 3.22. The van der Waals surface area contributed by atoms with Crippen molar-refractivity contribution < 1.29 is 22.8 Å². The Morgan fingerprint density at radius 3 is 2.45 bits per heavy atom. The molecule has 2 N–H and O–H groups in total. The molecule has 3 amide bonds. The van der Waals surface area contributed by atoms with Gasteiger partial charge in [0, 0.05) is 35.9 Å². The first-order valence-corrected chi connectivity index (χ1v) is 11.4. The minimum Gasteiger partial charge on any atom is -0.356 e. The first kappa shape index (κ1) is 26.5. The number of anilines is 2. The third-order valence-electron chi connectivity index (χ3n) is 4.94. The van der Waals surface area contributed by atoms with Gasteiger partial charge in [-0.25, -0.2) is 4.79 Å². The minimum absolute atomic E-state index is 0.0694. The molecule has 0 unspecified atom stereocenters. The van der Waals surface area contributed by atoms with Crippen LogP contribution in [-0.4, -0.2) is 25.0 Å². The Labute approximate surface area is 197 Å². The topological polar surface area (TPSA) is 61.4 Å². The molecule has 33 heavy (non-hydrogen) atoms. The van der Waals surface area contributed by atoms with Crippen molar-refractivity contribution in [3.05, 3.63) is 59.1 Å². The molecule has 180 valence electrons. The van der Waals surface area contributed by atoms with Crippen LogP contribution in [0, 0.1) is 0 Å². The van der Waals surface area contributed by atoms with E-state index in [0.29, 0.717) is 30.1 Å². The largest absolute Gasteiger partial charge is 0.416 e. The second-order valence-corrected chi connectivity index (χ2v) is 8.09. The number of rotatable bonds is 11. The lowest BCUT2D eigenvalue weighted by Crippen LogP contribution is -2.37. The van der Waals surface area contributed by atoms with Crippen molar-refractivity contribution in [2.45, 2.75) is 51.6 Å². The number of hydrogen-bond donors (Lipinski definition) is 2. The predicted octanol–water partition coefficient (Wildman–Crippen LogP) is 6.87. The van der Waals surface area contributed by atoms with E-state index in [1.165, 1.54) is 17.0 Å². The van der Waals surface area contributed by atoms with Gasteiger partial charge in [-0.05, 0) is 49.2 Å². The van der Waals surface area contributed by atoms with Crippen LogP contribution >= 0.6 is 11.6 Å². The monoisotopic (exact) mass is 483 g/mol. The van der Waals surface area contributed by atoms with Gasteiger partial charge in [-0.2, -0.15) is 13.2 Å². The molecule has 0 atom stereocenters. The van der Waals surface area contributed by atoms with Gasteiger partial charge in [0.15, 0.2) is 0 Å². The fraction of sp³-hybridized carbons (Fsp3) is 0.417. The number of amides is 3. The van der Waals surface area contributed by atoms with E-state index >= 15 is 0 Å². The Morgan fingerprint density at radius 2 is 1.76 bits per heavy atom. The molecule has 9 heteroatoms. The predicted molar refractivity (Wildman–Crippen MR) is 126 cm³/mol. The molecule has 0 aromatic heterocycles. The molecular weight excluding hydrogens is 455 g/mol. The molecule has 0 saturated carbocycles. The number of carbonyl (C=O) groups is 2. The fourth-order valence-corrected chi connectivity index (χ4v) is 3.41. The molecule has 0 radical (unpaired) electrons. The summed E-state index contributed by atoms with van der Waals surface area (Å²) in [5.41, 5.74) is -0.318. The highest BCUT2D eigenvalue weighted by Crippen LogP contribution is 2.32. The van der Waals surface area contributed by atoms with Gasteiger partial charge < -0.3 is 10.6 Å². The summed E-state index contributed by atoms with van der Waals surface area (Å²) < 4.78 is 39.6. The van der Waals surface area contributed by atoms with Crippen molar-refractivity contribution in [2.24, 2.45) is 0 Å². The Bertz CT molecular complexity index is 922. The smallest absolute Gasteiger partial charge is 0.356 e. The van der Waals surface area contributed by atoms with Crippen LogP contribution in [0.15, 0.2) is 48.5 Å². The average molecular weight is 484 g/mol. The molecule has 2 aromatic carbocycles. The Hall–Kier alpha value is -2.74. The van der Waals surface area contributed by atoms with Gasteiger partial charge in [-0.3, -0.25) is 9.69 Å². The number of hydrogen-bond acceptors (Lipinski definition) is 2. The molecule has 2 aromatic rings. The first-order chi connectivity index (χ1) is 15.7. The van der Waals surface area contributed by atoms with Crippen molar-refractivity contribution in [2.75, 3.05) is 23.3 Å². The molecule has 0 saturated heterocycles. The molecule has 0 bridgehead atoms. The van der Waals surface area contributed by atoms with Crippen LogP contribution in [0.3, 0.4) is 0 Å². The molecule has 0 aliphatic rings. The Morgan fingerprint density at radius 1 is 1.00 bits per heavy atom. The highest BCUT2D eigenvalue weighted by atomic mass is 35.5. The maximum Gasteiger partial charge on any atom is 0.416 e. The molecule has 5 nitrogen and oxygen atoms in total. The maximum absolute atomic E-state index is 13.2. The van der Waals surface area contributed by atoms with Crippen molar-refractivity contribution in [1.82, 2.24) is 5.32 Å². The number of nitrogens with one attached hydrogen (secondary N) is 2. The van der Waals surface area contributed by atoms with E-state index in [0.717, 1.165) is 37.8 Å². The summed E-state index contributed by atoms with van der Waals surface area (Å²) in [4.78, 5) is 26.1. The van der Waals surface area contributed by atoms with Gasteiger partial charge in [-0.1, -0.05) is 49.9 Å². The van der Waals surface area contributed by atoms with Gasteiger partial charge in [0.05, 0.1) is 5.56 Å². The molecule has 0 heterocycles. The Kier molecular flexibility index (Phi) is 10.5. The summed E-state index contributed by atoms with van der Waals surface area (Å²) in [5, 5.41) is 5.88. The lowest BCUT2D eigenvalue weighted by molar-refractivity contribution is -0.137. The number of urea groups is 1. The van der Waals surface area contributed by atoms with Crippen LogP contribution in [0.1, 0.15) is 51.0 Å². The van der Waals surface area contributed by atoms with Gasteiger partial charge in [0.2, 0.25) is 5.91 Å². The van der Waals surface area contributed by atoms with Crippen LogP contribution in [-0.2, 0) is 11.0 Å². The maximum atomic E-state index is 13.2. The average Bonchev–Trinajstić information content (AvgIpc) is 2.76. The summed E-state index contributed by atoms with van der Waals surface area (Å²) >= 11 is 5.95. The van der Waals surface area contributed by atoms with Crippen LogP contribution in [0.5, 0.6) is 0 Å². The number of benzene rings is 2. The number of unbranched alkanes of at least 4 members (excludes halogenated alkanes) is 3. The first-order valence-electron chi connectivity index (χ1n) is 11.0. The SMILES string of the molecule is CCCCCCC(=O)NCCCN(C(=O)Nc1cccc(Cl)c1)c1cccc(C(F)(F)F)c1. The van der Waals surface area contributed by atoms with E-state index < -0.39 is 17.8 Å². The van der Waals surface area contributed by atoms with E-state index in [2.05, 4.69) is 17.6 Å². The number of carbonyl (C=O) groups excluding carboxylic acids is 2. The highest BCUT2D eigenvalue weighted by Gasteiger charge is 2.31. The number of nitrogens with zero attached hydrogens (tertiary/aromatic N) is 1. The van der Waals surface area contributed by atoms with E-state index in [1.807, 2.05) is 0 Å². The summed E-state index contributed by atoms with van der Waals surface area (Å²) in [6.45, 7) is 2.52. The molecule has 0 aliphatic heterocycles. The summed E-state index contributed by atoms with van der Waals surface area (Å²) in [5.74, 6) is -0.0694. The quantitative estimate of drug-likeness (QED) is 0.342.